The number of sulfonamides is 1. The maximum absolute atomic E-state index is 12.7. The van der Waals surface area contributed by atoms with Gasteiger partial charge in [-0.2, -0.15) is 0 Å². The highest BCUT2D eigenvalue weighted by molar-refractivity contribution is 7.93. The molecule has 0 fully saturated rings. The van der Waals surface area contributed by atoms with Gasteiger partial charge in [-0.3, -0.25) is 9.71 Å². The molecule has 0 amide bonds. The zero-order valence-corrected chi connectivity index (χ0v) is 13.7. The maximum atomic E-state index is 12.7. The summed E-state index contributed by atoms with van der Waals surface area (Å²) in [6, 6.07) is 12.3. The largest absolute Gasteiger partial charge is 0.398 e. The van der Waals surface area contributed by atoms with Gasteiger partial charge in [0.05, 0.1) is 16.9 Å². The molecule has 0 aliphatic carbocycles. The molecule has 5 nitrogen and oxygen atoms in total. The lowest BCUT2D eigenvalue weighted by Crippen LogP contribution is -2.15. The first-order valence-electron chi connectivity index (χ1n) is 7.12. The highest BCUT2D eigenvalue weighted by atomic mass is 32.2. The molecule has 0 radical (unpaired) electrons. The molecule has 0 aliphatic heterocycles. The van der Waals surface area contributed by atoms with Crippen molar-refractivity contribution in [3.8, 4) is 0 Å². The maximum Gasteiger partial charge on any atom is 0.264 e. The van der Waals surface area contributed by atoms with Crippen molar-refractivity contribution in [2.24, 2.45) is 0 Å². The third kappa shape index (κ3) is 2.85. The third-order valence-electron chi connectivity index (χ3n) is 3.79. The first-order valence-corrected chi connectivity index (χ1v) is 8.60. The summed E-state index contributed by atoms with van der Waals surface area (Å²) in [7, 11) is -3.79. The molecule has 0 bridgehead atoms. The first-order chi connectivity index (χ1) is 10.9. The monoisotopic (exact) mass is 327 g/mol. The average molecular weight is 327 g/mol. The van der Waals surface area contributed by atoms with Crippen molar-refractivity contribution >= 4 is 32.3 Å². The fourth-order valence-electron chi connectivity index (χ4n) is 2.43. The average Bonchev–Trinajstić information content (AvgIpc) is 2.51. The fraction of sp³-hybridized carbons (Fsp3) is 0.118. The van der Waals surface area contributed by atoms with E-state index in [1.54, 1.807) is 30.5 Å². The van der Waals surface area contributed by atoms with E-state index in [4.69, 9.17) is 5.73 Å². The molecular weight excluding hydrogens is 310 g/mol. The van der Waals surface area contributed by atoms with E-state index in [9.17, 15) is 8.42 Å². The van der Waals surface area contributed by atoms with Crippen LogP contribution < -0.4 is 10.5 Å². The number of fused-ring (bicyclic) bond motifs is 1. The van der Waals surface area contributed by atoms with Crippen LogP contribution in [-0.2, 0) is 10.0 Å². The van der Waals surface area contributed by atoms with E-state index in [1.165, 1.54) is 0 Å². The van der Waals surface area contributed by atoms with Gasteiger partial charge in [0, 0.05) is 11.6 Å². The number of rotatable bonds is 3. The minimum Gasteiger partial charge on any atom is -0.398 e. The fourth-order valence-corrected chi connectivity index (χ4v) is 3.70. The van der Waals surface area contributed by atoms with Crippen molar-refractivity contribution < 1.29 is 8.42 Å². The van der Waals surface area contributed by atoms with Crippen LogP contribution in [0.1, 0.15) is 11.1 Å². The number of nitrogen functional groups attached to an aromatic ring is 1. The molecule has 0 aliphatic rings. The van der Waals surface area contributed by atoms with Gasteiger partial charge >= 0.3 is 0 Å². The van der Waals surface area contributed by atoms with Crippen LogP contribution in [0.4, 0.5) is 11.4 Å². The van der Waals surface area contributed by atoms with E-state index in [1.807, 2.05) is 32.0 Å². The van der Waals surface area contributed by atoms with E-state index >= 15 is 0 Å². The van der Waals surface area contributed by atoms with Crippen LogP contribution in [-0.4, -0.2) is 13.4 Å². The van der Waals surface area contributed by atoms with Crippen LogP contribution >= 0.6 is 0 Å². The summed E-state index contributed by atoms with van der Waals surface area (Å²) in [6.07, 6.45) is 1.63. The Bertz CT molecular complexity index is 993. The summed E-state index contributed by atoms with van der Waals surface area (Å²) < 4.78 is 28.0. The van der Waals surface area contributed by atoms with E-state index < -0.39 is 10.0 Å². The molecule has 118 valence electrons. The Morgan fingerprint density at radius 2 is 1.74 bits per heavy atom. The minimum absolute atomic E-state index is 0.0773. The SMILES string of the molecule is Cc1cc(N)c(S(=O)(=O)Nc2cccc3cccnc23)cc1C. The van der Waals surface area contributed by atoms with Crippen LogP contribution in [0.15, 0.2) is 53.6 Å². The standard InChI is InChI=1S/C17H17N3O2S/c1-11-9-14(18)16(10-12(11)2)23(21,22)20-15-7-3-5-13-6-4-8-19-17(13)15/h3-10,20H,18H2,1-2H3. The van der Waals surface area contributed by atoms with Crippen molar-refractivity contribution in [3.05, 3.63) is 59.8 Å². The van der Waals surface area contributed by atoms with E-state index in [0.717, 1.165) is 16.5 Å². The molecule has 1 heterocycles. The van der Waals surface area contributed by atoms with E-state index in [2.05, 4.69) is 9.71 Å². The number of hydrogen-bond donors (Lipinski definition) is 2. The van der Waals surface area contributed by atoms with Gasteiger partial charge in [-0.05, 0) is 49.2 Å². The van der Waals surface area contributed by atoms with Crippen molar-refractivity contribution in [3.63, 3.8) is 0 Å². The van der Waals surface area contributed by atoms with Crippen LogP contribution in [0.2, 0.25) is 0 Å². The van der Waals surface area contributed by atoms with Gasteiger partial charge in [0.25, 0.3) is 10.0 Å². The van der Waals surface area contributed by atoms with Gasteiger partial charge in [0.2, 0.25) is 0 Å². The number of para-hydroxylation sites is 1. The predicted octanol–water partition coefficient (Wildman–Crippen LogP) is 3.23. The summed E-state index contributed by atoms with van der Waals surface area (Å²) in [5.41, 5.74) is 8.99. The van der Waals surface area contributed by atoms with Crippen molar-refractivity contribution in [1.29, 1.82) is 0 Å². The molecule has 3 aromatic rings. The van der Waals surface area contributed by atoms with E-state index in [0.29, 0.717) is 11.2 Å². The van der Waals surface area contributed by atoms with Crippen molar-refractivity contribution in [1.82, 2.24) is 4.98 Å². The Morgan fingerprint density at radius 3 is 2.52 bits per heavy atom. The number of nitrogens with one attached hydrogen (secondary N) is 1. The molecule has 3 rings (SSSR count). The minimum atomic E-state index is -3.79. The summed E-state index contributed by atoms with van der Waals surface area (Å²) in [6.45, 7) is 3.75. The normalized spacial score (nSPS) is 11.6. The zero-order chi connectivity index (χ0) is 16.6. The van der Waals surface area contributed by atoms with Crippen LogP contribution in [0.25, 0.3) is 10.9 Å². The number of aromatic nitrogens is 1. The molecule has 0 saturated carbocycles. The zero-order valence-electron chi connectivity index (χ0n) is 12.9. The molecule has 6 heteroatoms. The van der Waals surface area contributed by atoms with Gasteiger partial charge in [-0.15, -0.1) is 0 Å². The van der Waals surface area contributed by atoms with Gasteiger partial charge in [0.15, 0.2) is 0 Å². The summed E-state index contributed by atoms with van der Waals surface area (Å²) >= 11 is 0. The second kappa shape index (κ2) is 5.55. The molecule has 3 N–H and O–H groups in total. The Morgan fingerprint density at radius 1 is 1.04 bits per heavy atom. The van der Waals surface area contributed by atoms with Crippen molar-refractivity contribution in [2.75, 3.05) is 10.5 Å². The molecule has 2 aromatic carbocycles. The van der Waals surface area contributed by atoms with Gasteiger partial charge in [-0.25, -0.2) is 8.42 Å². The topological polar surface area (TPSA) is 85.1 Å². The molecule has 23 heavy (non-hydrogen) atoms. The molecular formula is C17H17N3O2S. The summed E-state index contributed by atoms with van der Waals surface area (Å²) in [5, 5.41) is 0.862. The number of benzene rings is 2. The summed E-state index contributed by atoms with van der Waals surface area (Å²) in [4.78, 5) is 4.33. The first kappa shape index (κ1) is 15.3. The summed E-state index contributed by atoms with van der Waals surface area (Å²) in [5.74, 6) is 0. The lowest BCUT2D eigenvalue weighted by atomic mass is 10.1. The number of nitrogens with two attached hydrogens (primary N) is 1. The number of hydrogen-bond acceptors (Lipinski definition) is 4. The Hall–Kier alpha value is -2.60. The van der Waals surface area contributed by atoms with Gasteiger partial charge in [-0.1, -0.05) is 18.2 Å². The highest BCUT2D eigenvalue weighted by Crippen LogP contribution is 2.27. The number of anilines is 2. The Labute approximate surface area is 135 Å². The Balaban J connectivity index is 2.09. The number of pyridine rings is 1. The number of aryl methyl sites for hydroxylation is 2. The molecule has 1 aromatic heterocycles. The molecule has 0 atom stereocenters. The molecule has 0 spiro atoms. The Kier molecular flexibility index (Phi) is 3.69. The van der Waals surface area contributed by atoms with Gasteiger partial charge < -0.3 is 5.73 Å². The number of nitrogens with zero attached hydrogens (tertiary/aromatic N) is 1. The smallest absolute Gasteiger partial charge is 0.264 e. The lowest BCUT2D eigenvalue weighted by molar-refractivity contribution is 0.601. The molecule has 0 unspecified atom stereocenters. The highest BCUT2D eigenvalue weighted by Gasteiger charge is 2.19. The second-order valence-electron chi connectivity index (χ2n) is 5.46. The van der Waals surface area contributed by atoms with Crippen LogP contribution in [0.3, 0.4) is 0 Å². The molecule has 0 saturated heterocycles. The quantitative estimate of drug-likeness (QED) is 0.723. The lowest BCUT2D eigenvalue weighted by Gasteiger charge is -2.13. The van der Waals surface area contributed by atoms with Crippen LogP contribution in [0, 0.1) is 13.8 Å². The van der Waals surface area contributed by atoms with Crippen LogP contribution in [0.5, 0.6) is 0 Å². The van der Waals surface area contributed by atoms with Gasteiger partial charge in [0.1, 0.15) is 4.90 Å². The second-order valence-corrected chi connectivity index (χ2v) is 7.11. The third-order valence-corrected chi connectivity index (χ3v) is 5.21. The predicted molar refractivity (Wildman–Crippen MR) is 92.9 cm³/mol. The van der Waals surface area contributed by atoms with E-state index in [-0.39, 0.29) is 10.6 Å². The van der Waals surface area contributed by atoms with Crippen molar-refractivity contribution in [2.45, 2.75) is 18.7 Å².